The molecule has 8 atom stereocenters. The molecule has 2 bridgehead atoms. The number of cyclic esters (lactones) is 2. The van der Waals surface area contributed by atoms with Crippen molar-refractivity contribution in [3.05, 3.63) is 36.0 Å². The van der Waals surface area contributed by atoms with Crippen LogP contribution in [0.3, 0.4) is 0 Å². The highest BCUT2D eigenvalue weighted by molar-refractivity contribution is 5.84. The summed E-state index contributed by atoms with van der Waals surface area (Å²) >= 11 is 0. The van der Waals surface area contributed by atoms with E-state index in [-0.39, 0.29) is 37.3 Å². The minimum Gasteiger partial charge on any atom is -0.464 e. The molecule has 1 N–H and O–H groups in total. The molecule has 0 aromatic heterocycles. The lowest BCUT2D eigenvalue weighted by atomic mass is 9.51. The Hall–Kier alpha value is -2.49. The molecular formula is C28H37NO8. The highest BCUT2D eigenvalue weighted by Gasteiger charge is 2.83. The van der Waals surface area contributed by atoms with Gasteiger partial charge in [0.15, 0.2) is 0 Å². The Balaban J connectivity index is 1.53. The van der Waals surface area contributed by atoms with Crippen LogP contribution >= 0.6 is 0 Å². The van der Waals surface area contributed by atoms with Gasteiger partial charge in [-0.15, -0.1) is 0 Å². The summed E-state index contributed by atoms with van der Waals surface area (Å²) in [4.78, 5) is 38.2. The van der Waals surface area contributed by atoms with Gasteiger partial charge in [0.25, 0.3) is 0 Å². The lowest BCUT2D eigenvalue weighted by molar-refractivity contribution is -0.233. The van der Waals surface area contributed by atoms with Gasteiger partial charge >= 0.3 is 17.9 Å². The van der Waals surface area contributed by atoms with E-state index in [0.29, 0.717) is 19.4 Å². The topological polar surface area (TPSA) is 113 Å². The van der Waals surface area contributed by atoms with Crippen molar-refractivity contribution in [2.24, 2.45) is 16.7 Å². The van der Waals surface area contributed by atoms with Gasteiger partial charge in [-0.1, -0.05) is 37.6 Å². The zero-order chi connectivity index (χ0) is 26.4. The molecule has 37 heavy (non-hydrogen) atoms. The van der Waals surface area contributed by atoms with Crippen molar-refractivity contribution < 1.29 is 38.1 Å². The Morgan fingerprint density at radius 3 is 2.46 bits per heavy atom. The summed E-state index contributed by atoms with van der Waals surface area (Å²) in [6.07, 6.45) is 9.19. The number of hydrogen-bond acceptors (Lipinski definition) is 9. The van der Waals surface area contributed by atoms with E-state index in [4.69, 9.17) is 23.7 Å². The Bertz CT molecular complexity index is 1040. The highest BCUT2D eigenvalue weighted by atomic mass is 16.6. The summed E-state index contributed by atoms with van der Waals surface area (Å²) in [5.41, 5.74) is -0.593. The van der Waals surface area contributed by atoms with Gasteiger partial charge in [0.2, 0.25) is 0 Å². The molecule has 0 aromatic carbocycles. The van der Waals surface area contributed by atoms with Gasteiger partial charge < -0.3 is 29.0 Å². The molecule has 2 aliphatic carbocycles. The van der Waals surface area contributed by atoms with Crippen molar-refractivity contribution in [3.63, 3.8) is 0 Å². The first-order valence-corrected chi connectivity index (χ1v) is 13.2. The fourth-order valence-corrected chi connectivity index (χ4v) is 7.07. The number of ether oxygens (including phenoxy) is 5. The second-order valence-corrected chi connectivity index (χ2v) is 11.3. The molecule has 9 nitrogen and oxygen atoms in total. The van der Waals surface area contributed by atoms with E-state index >= 15 is 0 Å². The van der Waals surface area contributed by atoms with Crippen molar-refractivity contribution in [1.82, 2.24) is 5.32 Å². The summed E-state index contributed by atoms with van der Waals surface area (Å²) in [7, 11) is 1.72. The molecule has 9 heteroatoms. The Kier molecular flexibility index (Phi) is 6.83. The predicted octanol–water partition coefficient (Wildman–Crippen LogP) is 2.40. The molecule has 0 amide bonds. The van der Waals surface area contributed by atoms with Crippen molar-refractivity contribution in [3.8, 4) is 0 Å². The first-order chi connectivity index (χ1) is 17.7. The van der Waals surface area contributed by atoms with Gasteiger partial charge in [-0.25, -0.2) is 9.59 Å². The van der Waals surface area contributed by atoms with Gasteiger partial charge in [0, 0.05) is 24.0 Å². The molecule has 3 heterocycles. The summed E-state index contributed by atoms with van der Waals surface area (Å²) in [5.74, 6) is -1.53. The van der Waals surface area contributed by atoms with Crippen LogP contribution in [-0.4, -0.2) is 74.7 Å². The van der Waals surface area contributed by atoms with Crippen LogP contribution in [0.1, 0.15) is 46.5 Å². The lowest BCUT2D eigenvalue weighted by Crippen LogP contribution is -2.67. The standard InChI is InChI=1S/C28H37NO8/c1-17-9-11-27-15-34-25(32)24(29-4)18(2)10-12-33-22(30)7-5-6-8-23(31)37-19-14-21(36-20(27)13-17)28(16-35-28)26(19,27)3/h5-8,13,18-21,24,29H,9-12,14-16H2,1-4H3/b7-5+,8-6-/t18-,19-,20-,21-,24-,26-,27-,28+/m1/s1. The maximum atomic E-state index is 13.4. The molecular weight excluding hydrogens is 478 g/mol. The van der Waals surface area contributed by atoms with Crippen molar-refractivity contribution in [2.45, 2.75) is 76.4 Å². The van der Waals surface area contributed by atoms with Crippen LogP contribution in [-0.2, 0) is 38.1 Å². The van der Waals surface area contributed by atoms with Crippen LogP contribution in [0, 0.1) is 16.7 Å². The van der Waals surface area contributed by atoms with Crippen molar-refractivity contribution in [1.29, 1.82) is 0 Å². The molecule has 2 spiro atoms. The zero-order valence-electron chi connectivity index (χ0n) is 22.0. The highest BCUT2D eigenvalue weighted by Crippen LogP contribution is 2.72. The second-order valence-electron chi connectivity index (χ2n) is 11.3. The van der Waals surface area contributed by atoms with Gasteiger partial charge in [-0.05, 0) is 39.2 Å². The van der Waals surface area contributed by atoms with Crippen molar-refractivity contribution >= 4 is 17.9 Å². The molecule has 3 fully saturated rings. The van der Waals surface area contributed by atoms with Crippen LogP contribution < -0.4 is 5.32 Å². The molecule has 2 saturated heterocycles. The molecule has 5 aliphatic rings. The molecule has 3 aliphatic heterocycles. The van der Waals surface area contributed by atoms with Crippen molar-refractivity contribution in [2.75, 3.05) is 26.9 Å². The van der Waals surface area contributed by atoms with E-state index in [1.165, 1.54) is 29.9 Å². The SMILES string of the molecule is CN[C@H]1C(=O)OC[C@]23CCC(C)=C[C@H]2O[C@@H]2C[C@@H](OC(=O)/C=C\C=C\C(=O)OCC[C@H]1C)[C@@]3(C)[C@]21CO1. The van der Waals surface area contributed by atoms with Crippen LogP contribution in [0.2, 0.25) is 0 Å². The van der Waals surface area contributed by atoms with Gasteiger partial charge in [-0.3, -0.25) is 4.79 Å². The van der Waals surface area contributed by atoms with Crippen LogP contribution in [0.15, 0.2) is 36.0 Å². The van der Waals surface area contributed by atoms with E-state index in [9.17, 15) is 14.4 Å². The summed E-state index contributed by atoms with van der Waals surface area (Å²) in [5, 5.41) is 3.07. The number of esters is 3. The largest absolute Gasteiger partial charge is 0.464 e. The number of allylic oxidation sites excluding steroid dienone is 3. The molecule has 202 valence electrons. The Morgan fingerprint density at radius 1 is 1.03 bits per heavy atom. The van der Waals surface area contributed by atoms with E-state index in [1.807, 2.05) is 6.92 Å². The van der Waals surface area contributed by atoms with E-state index < -0.39 is 40.5 Å². The smallest absolute Gasteiger partial charge is 0.331 e. The minimum atomic E-state index is -0.625. The normalized spacial score (nSPS) is 45.9. The van der Waals surface area contributed by atoms with E-state index in [2.05, 4.69) is 25.2 Å². The van der Waals surface area contributed by atoms with Gasteiger partial charge in [-0.2, -0.15) is 0 Å². The van der Waals surface area contributed by atoms with Crippen LogP contribution in [0.5, 0.6) is 0 Å². The van der Waals surface area contributed by atoms with Crippen LogP contribution in [0.25, 0.3) is 0 Å². The maximum Gasteiger partial charge on any atom is 0.331 e. The van der Waals surface area contributed by atoms with E-state index in [1.54, 1.807) is 7.05 Å². The minimum absolute atomic E-state index is 0.126. The third-order valence-electron chi connectivity index (χ3n) is 9.48. The molecule has 0 aromatic rings. The zero-order valence-corrected chi connectivity index (χ0v) is 22.0. The third kappa shape index (κ3) is 4.15. The lowest BCUT2D eigenvalue weighted by Gasteiger charge is -2.58. The number of hydrogen-bond donors (Lipinski definition) is 1. The fourth-order valence-electron chi connectivity index (χ4n) is 7.07. The fraction of sp³-hybridized carbons (Fsp3) is 0.679. The predicted molar refractivity (Wildman–Crippen MR) is 132 cm³/mol. The monoisotopic (exact) mass is 515 g/mol. The number of carbonyl (C=O) groups excluding carboxylic acids is 3. The second kappa shape index (κ2) is 9.67. The molecule has 1 saturated carbocycles. The number of nitrogens with one attached hydrogen (secondary N) is 1. The average Bonchev–Trinajstić information content (AvgIpc) is 3.64. The molecule has 0 unspecified atom stereocenters. The van der Waals surface area contributed by atoms with Crippen LogP contribution in [0.4, 0.5) is 0 Å². The maximum absolute atomic E-state index is 13.4. The quantitative estimate of drug-likeness (QED) is 0.243. The van der Waals surface area contributed by atoms with E-state index in [0.717, 1.165) is 12.8 Å². The Labute approximate surface area is 217 Å². The van der Waals surface area contributed by atoms with Gasteiger partial charge in [0.05, 0.1) is 30.8 Å². The number of rotatable bonds is 1. The summed E-state index contributed by atoms with van der Waals surface area (Å²) < 4.78 is 30.2. The first kappa shape index (κ1) is 26.1. The molecule has 0 radical (unpaired) electrons. The Morgan fingerprint density at radius 2 is 1.76 bits per heavy atom. The summed E-state index contributed by atoms with van der Waals surface area (Å²) in [6, 6.07) is -0.569. The summed E-state index contributed by atoms with van der Waals surface area (Å²) in [6.45, 7) is 6.94. The molecule has 5 rings (SSSR count). The number of likely N-dealkylation sites (N-methyl/N-ethyl adjacent to an activating group) is 1. The average molecular weight is 516 g/mol. The third-order valence-corrected chi connectivity index (χ3v) is 9.48. The van der Waals surface area contributed by atoms with Gasteiger partial charge in [0.1, 0.15) is 24.4 Å². The number of carbonyl (C=O) groups is 3. The first-order valence-electron chi connectivity index (χ1n) is 13.2. The number of epoxide rings is 1.